The Balaban J connectivity index is 0. The van der Waals surface area contributed by atoms with Gasteiger partial charge in [0.2, 0.25) is 0 Å². The monoisotopic (exact) mass is 472 g/mol. The molecule has 7 heteroatoms. The van der Waals surface area contributed by atoms with Crippen LogP contribution in [0.4, 0.5) is 0 Å². The summed E-state index contributed by atoms with van der Waals surface area (Å²) in [7, 11) is 5.59. The Bertz CT molecular complexity index is 367. The van der Waals surface area contributed by atoms with Gasteiger partial charge in [0.1, 0.15) is 0 Å². The van der Waals surface area contributed by atoms with Gasteiger partial charge in [-0.15, -0.1) is 35.0 Å². The van der Waals surface area contributed by atoms with Crippen molar-refractivity contribution in [3.05, 3.63) is 29.8 Å². The molecule has 1 aromatic rings. The van der Waals surface area contributed by atoms with Crippen molar-refractivity contribution in [2.45, 2.75) is 6.92 Å². The van der Waals surface area contributed by atoms with E-state index in [0.29, 0.717) is 5.71 Å². The number of methoxy groups -OCH3 is 1. The van der Waals surface area contributed by atoms with E-state index < -0.39 is 10.8 Å². The molecule has 18 heavy (non-hydrogen) atoms. The molecule has 4 nitrogen and oxygen atoms in total. The van der Waals surface area contributed by atoms with E-state index in [9.17, 15) is 4.21 Å². The average molecular weight is 473 g/mol. The first kappa shape index (κ1) is 19.9. The van der Waals surface area contributed by atoms with Gasteiger partial charge in [0.15, 0.2) is 0 Å². The Morgan fingerprint density at radius 2 is 2.00 bits per heavy atom. The molecule has 0 saturated heterocycles. The zero-order chi connectivity index (χ0) is 14.6. The second-order valence-corrected chi connectivity index (χ2v) is 4.55. The summed E-state index contributed by atoms with van der Waals surface area (Å²) in [5.74, 6) is 0.740. The van der Waals surface area contributed by atoms with Crippen molar-refractivity contribution in [2.24, 2.45) is 5.16 Å². The molecule has 0 radical (unpaired) electrons. The Morgan fingerprint density at radius 1 is 1.50 bits per heavy atom. The molecule has 1 N–H and O–H groups in total. The zero-order valence-corrected chi connectivity index (χ0v) is 14.4. The maximum absolute atomic E-state index is 9.56. The van der Waals surface area contributed by atoms with E-state index in [1.165, 1.54) is 0 Å². The number of benzene rings is 1. The first-order chi connectivity index (χ1) is 8.51. The van der Waals surface area contributed by atoms with Gasteiger partial charge in [0.25, 0.3) is 0 Å². The summed E-state index contributed by atoms with van der Waals surface area (Å²) < 4.78 is 14.5. The summed E-state index contributed by atoms with van der Waals surface area (Å²) in [6, 6.07) is 8.20. The Hall–Kier alpha value is -0.382. The third kappa shape index (κ3) is 10.8. The van der Waals surface area contributed by atoms with Crippen LogP contribution in [0, 0.1) is 6.07 Å². The van der Waals surface area contributed by atoms with Gasteiger partial charge in [-0.05, 0) is 0 Å². The van der Waals surface area contributed by atoms with E-state index in [0.717, 1.165) is 11.3 Å². The molecule has 0 aliphatic rings. The van der Waals surface area contributed by atoms with Gasteiger partial charge in [-0.2, -0.15) is 0 Å². The molecule has 0 aliphatic carbocycles. The summed E-state index contributed by atoms with van der Waals surface area (Å²) in [6.07, 6.45) is 3.28. The van der Waals surface area contributed by atoms with Gasteiger partial charge in [0.05, 0.1) is 7.11 Å². The van der Waals surface area contributed by atoms with Crippen LogP contribution >= 0.6 is 9.42 Å². The number of halogens is 1. The van der Waals surface area contributed by atoms with Crippen molar-refractivity contribution in [3.63, 3.8) is 0 Å². The van der Waals surface area contributed by atoms with Gasteiger partial charge in [0, 0.05) is 34.8 Å². The third-order valence-corrected chi connectivity index (χ3v) is 1.56. The number of rotatable bonds is 2. The van der Waals surface area contributed by atoms with Crippen LogP contribution in [0.1, 0.15) is 12.5 Å². The van der Waals surface area contributed by atoms with Crippen LogP contribution in [-0.2, 0) is 29.6 Å². The minimum atomic E-state index is -0.611. The zero-order valence-electron chi connectivity index (χ0n) is 10.5. The summed E-state index contributed by atoms with van der Waals surface area (Å²) in [6.45, 7) is 1.71. The van der Waals surface area contributed by atoms with Crippen LogP contribution in [0.25, 0.3) is 0 Å². The van der Waals surface area contributed by atoms with Crippen molar-refractivity contribution in [1.82, 2.24) is 0 Å². The van der Waals surface area contributed by atoms with E-state index in [2.05, 4.69) is 20.6 Å². The summed E-state index contributed by atoms with van der Waals surface area (Å²) in [5, 5.41) is 11.5. The van der Waals surface area contributed by atoms with Gasteiger partial charge >= 0.3 is 28.2 Å². The van der Waals surface area contributed by atoms with Crippen LogP contribution < -0.4 is 4.74 Å². The third-order valence-electron chi connectivity index (χ3n) is 1.56. The molecule has 0 saturated carbocycles. The van der Waals surface area contributed by atoms with Crippen molar-refractivity contribution in [3.8, 4) is 5.75 Å². The van der Waals surface area contributed by atoms with Gasteiger partial charge < -0.3 is 9.94 Å². The van der Waals surface area contributed by atoms with Gasteiger partial charge in [-0.1, -0.05) is 6.92 Å². The number of oxime groups is 1. The van der Waals surface area contributed by atoms with E-state index in [1.807, 2.05) is 0 Å². The van der Waals surface area contributed by atoms with Crippen molar-refractivity contribution < 1.29 is 32.9 Å². The molecule has 0 aromatic heterocycles. The molecular weight excluding hydrogens is 457 g/mol. The number of hydrogen-bond acceptors (Lipinski definition) is 4. The van der Waals surface area contributed by atoms with Crippen LogP contribution in [0.5, 0.6) is 5.75 Å². The van der Waals surface area contributed by atoms with Crippen molar-refractivity contribution >= 4 is 25.9 Å². The predicted molar refractivity (Wildman–Crippen MR) is 71.7 cm³/mol. The normalized spacial score (nSPS) is 9.89. The molecule has 1 rings (SSSR count). The summed E-state index contributed by atoms with van der Waals surface area (Å²) in [5.41, 5.74) is 1.30. The van der Waals surface area contributed by atoms with Gasteiger partial charge in [-0.25, -0.2) is 0 Å². The van der Waals surface area contributed by atoms with Crippen LogP contribution in [0.15, 0.2) is 23.4 Å². The topological polar surface area (TPSA) is 58.9 Å². The summed E-state index contributed by atoms with van der Waals surface area (Å²) >= 11 is 1.61. The fraction of sp³-hybridized carbons (Fsp3) is 0.364. The molecule has 0 unspecified atom stereocenters. The number of ether oxygens (including phenoxy) is 1. The van der Waals surface area contributed by atoms with E-state index in [1.54, 1.807) is 63.5 Å². The van der Waals surface area contributed by atoms with E-state index in [4.69, 9.17) is 9.94 Å². The Morgan fingerprint density at radius 3 is 2.28 bits per heavy atom. The van der Waals surface area contributed by atoms with E-state index >= 15 is 0 Å². The maximum atomic E-state index is 9.56. The second kappa shape index (κ2) is 13.1. The molecule has 0 atom stereocenters. The molecule has 1 aromatic carbocycles. The van der Waals surface area contributed by atoms with Crippen LogP contribution in [-0.4, -0.2) is 34.7 Å². The van der Waals surface area contributed by atoms with Crippen molar-refractivity contribution in [2.75, 3.05) is 19.6 Å². The van der Waals surface area contributed by atoms with Crippen molar-refractivity contribution in [1.29, 1.82) is 0 Å². The predicted octanol–water partition coefficient (Wildman–Crippen LogP) is 2.38. The molecule has 0 heterocycles. The first-order valence-electron chi connectivity index (χ1n) is 4.63. The molecule has 0 fully saturated rings. The summed E-state index contributed by atoms with van der Waals surface area (Å²) in [4.78, 5) is 0. The molecule has 0 amide bonds. The fourth-order valence-corrected chi connectivity index (χ4v) is 0.816. The van der Waals surface area contributed by atoms with Crippen LogP contribution in [0.3, 0.4) is 0 Å². The molecular formula is C11H16ClNO3PtS. The molecule has 106 valence electrons. The average Bonchev–Trinajstić information content (AvgIpc) is 2.39. The minimum absolute atomic E-state index is 0.539. The van der Waals surface area contributed by atoms with Crippen LogP contribution in [0.2, 0.25) is 0 Å². The quantitative estimate of drug-likeness (QED) is 0.311. The van der Waals surface area contributed by atoms with Gasteiger partial charge in [-0.3, -0.25) is 4.21 Å². The molecule has 0 aliphatic heterocycles. The van der Waals surface area contributed by atoms with E-state index in [-0.39, 0.29) is 0 Å². The SMILES string of the molecule is COc1c[c-]c(/C(C)=N/O)cc1.CS(C)=O.[Cl][Pt+]. The fourth-order valence-electron chi connectivity index (χ4n) is 0.816. The Kier molecular flexibility index (Phi) is 14.5. The Labute approximate surface area is 126 Å². The molecule has 0 spiro atoms. The second-order valence-electron chi connectivity index (χ2n) is 3.07. The molecule has 0 bridgehead atoms. The first-order valence-corrected chi connectivity index (χ1v) is 9.41. The number of nitrogens with zero attached hydrogens (tertiary/aromatic N) is 1. The standard InChI is InChI=1S/C9H10NO2.C2H6OS.ClH.Pt/c1-7(10-11)8-3-5-9(12-2)6-4-8;1-4(2)3;;/h3,5-6,11H,1-2H3;1-2H3;1H;/q-1;;;+2/p-1/b10-7+;;;. The number of hydrogen-bond donors (Lipinski definition) is 1.